The molecule has 0 saturated carbocycles. The number of thioether (sulfide) groups is 1. The van der Waals surface area contributed by atoms with E-state index in [1.807, 2.05) is 78.9 Å². The van der Waals surface area contributed by atoms with E-state index in [-0.39, 0.29) is 54.8 Å². The third-order valence-electron chi connectivity index (χ3n) is 9.73. The van der Waals surface area contributed by atoms with E-state index in [1.54, 1.807) is 78.5 Å². The number of ether oxygens (including phenoxy) is 5. The molecule has 348 valence electrons. The average Bonchev–Trinajstić information content (AvgIpc) is 3.77. The van der Waals surface area contributed by atoms with Gasteiger partial charge in [0.15, 0.2) is 0 Å². The summed E-state index contributed by atoms with van der Waals surface area (Å²) in [6.07, 6.45) is -1.41. The van der Waals surface area contributed by atoms with Gasteiger partial charge in [-0.2, -0.15) is 9.10 Å². The fourth-order valence-corrected chi connectivity index (χ4v) is 10.5. The Morgan fingerprint density at radius 2 is 1.32 bits per heavy atom. The molecule has 0 bridgehead atoms. The molecule has 2 amide bonds. The minimum Gasteiger partial charge on any atom is -0.497 e. The van der Waals surface area contributed by atoms with Crippen molar-refractivity contribution in [1.82, 2.24) is 35.1 Å². The molecule has 0 saturated heterocycles. The van der Waals surface area contributed by atoms with E-state index in [1.165, 1.54) is 20.9 Å². The Labute approximate surface area is 402 Å². The summed E-state index contributed by atoms with van der Waals surface area (Å²) in [7, 11) is 0.262. The van der Waals surface area contributed by atoms with E-state index in [0.29, 0.717) is 36.8 Å². The molecule has 1 heterocycles. The first-order chi connectivity index (χ1) is 31.6. The van der Waals surface area contributed by atoms with Gasteiger partial charge in [0, 0.05) is 33.9 Å². The number of aromatic nitrogens is 4. The van der Waals surface area contributed by atoms with Crippen LogP contribution in [0.1, 0.15) is 43.0 Å². The lowest BCUT2D eigenvalue weighted by Gasteiger charge is -2.26. The Morgan fingerprint density at radius 3 is 1.86 bits per heavy atom. The molecule has 66 heavy (non-hydrogen) atoms. The monoisotopic (exact) mass is 1050 g/mol. The molecule has 5 aromatic carbocycles. The Bertz CT molecular complexity index is 2600. The number of nitrogens with zero attached hydrogens (tertiary/aromatic N) is 5. The molecule has 0 radical (unpaired) electrons. The third kappa shape index (κ3) is 14.1. The van der Waals surface area contributed by atoms with Crippen LogP contribution in [-0.4, -0.2) is 90.4 Å². The van der Waals surface area contributed by atoms with Gasteiger partial charge >= 0.3 is 12.2 Å². The average molecular weight is 1050 g/mol. The number of carbonyl (C=O) groups excluding carboxylic acids is 2. The number of methoxy groups -OCH3 is 3. The van der Waals surface area contributed by atoms with Gasteiger partial charge < -0.3 is 34.3 Å². The number of halogens is 1. The van der Waals surface area contributed by atoms with Gasteiger partial charge in [-0.3, -0.25) is 0 Å². The lowest BCUT2D eigenvalue weighted by molar-refractivity contribution is 0.0507. The highest BCUT2D eigenvalue weighted by atomic mass is 127. The molecular formula is C47H52IN7O9S2. The topological polar surface area (TPSA) is 185 Å². The molecule has 0 unspecified atom stereocenters. The maximum atomic E-state index is 15.7. The minimum atomic E-state index is -4.46. The first-order valence-electron chi connectivity index (χ1n) is 20.7. The number of hydrogen-bond acceptors (Lipinski definition) is 13. The van der Waals surface area contributed by atoms with Crippen LogP contribution in [-0.2, 0) is 45.7 Å². The highest BCUT2D eigenvalue weighted by Crippen LogP contribution is 2.40. The van der Waals surface area contributed by atoms with Gasteiger partial charge in [-0.15, -0.1) is 22.0 Å². The fourth-order valence-electron chi connectivity index (χ4n) is 6.44. The first kappa shape index (κ1) is 49.5. The molecule has 0 aliphatic heterocycles. The number of benzene rings is 5. The highest BCUT2D eigenvalue weighted by Gasteiger charge is 2.34. The van der Waals surface area contributed by atoms with E-state index in [4.69, 9.17) is 28.8 Å². The Morgan fingerprint density at radius 1 is 0.758 bits per heavy atom. The zero-order chi connectivity index (χ0) is 47.3. The van der Waals surface area contributed by atoms with Crippen molar-refractivity contribution in [2.45, 2.75) is 68.4 Å². The number of alkyl carbamates (subject to hydrolysis) is 2. The van der Waals surface area contributed by atoms with E-state index in [9.17, 15) is 9.59 Å². The second kappa shape index (κ2) is 23.0. The molecule has 1 aromatic heterocycles. The molecule has 1 atom stereocenters. The van der Waals surface area contributed by atoms with Crippen molar-refractivity contribution < 1.29 is 41.7 Å². The largest absolute Gasteiger partial charge is 0.497 e. The molecule has 6 aromatic rings. The van der Waals surface area contributed by atoms with E-state index in [2.05, 4.69) is 43.5 Å². The molecular weight excluding hydrogens is 998 g/mol. The van der Waals surface area contributed by atoms with Crippen LogP contribution >= 0.6 is 34.4 Å². The highest BCUT2D eigenvalue weighted by molar-refractivity contribution is 14.1. The molecule has 0 aliphatic rings. The number of tetrazole rings is 1. The molecule has 0 aliphatic carbocycles. The third-order valence-corrected chi connectivity index (χ3v) is 13.9. The van der Waals surface area contributed by atoms with Crippen molar-refractivity contribution in [2.75, 3.05) is 33.6 Å². The summed E-state index contributed by atoms with van der Waals surface area (Å²) in [5, 5.41) is 19.1. The molecule has 2 N–H and O–H groups in total. The number of carbonyl (C=O) groups is 2. The van der Waals surface area contributed by atoms with Gasteiger partial charge in [0.2, 0.25) is 15.8 Å². The van der Waals surface area contributed by atoms with Gasteiger partial charge in [-0.1, -0.05) is 66.7 Å². The fraction of sp³-hybridized carbons (Fsp3) is 0.298. The summed E-state index contributed by atoms with van der Waals surface area (Å²) in [4.78, 5) is 27.8. The van der Waals surface area contributed by atoms with Crippen LogP contribution in [0.4, 0.5) is 9.59 Å². The Hall–Kier alpha value is -5.90. The lowest BCUT2D eigenvalue weighted by Crippen LogP contribution is -2.47. The molecule has 0 fully saturated rings. The summed E-state index contributed by atoms with van der Waals surface area (Å²) < 4.78 is 60.5. The van der Waals surface area contributed by atoms with Gasteiger partial charge in [-0.25, -0.2) is 18.0 Å². The van der Waals surface area contributed by atoms with Gasteiger partial charge in [-0.05, 0) is 119 Å². The molecule has 6 rings (SSSR count). The molecule has 16 nitrogen and oxygen atoms in total. The SMILES string of the molecule is COc1ccc(CN(Cc2ccc(OC)cc2)S(=O)(=O)c2c(SC[C@H](CNC(=O)OCc3ccccc3)NC(=O)OC(C)(C)C)ccc(I)c2-c2nnn(Cc3ccc(OC)cc3)n2)cc1. The summed E-state index contributed by atoms with van der Waals surface area (Å²) >= 11 is 3.26. The number of amides is 2. The smallest absolute Gasteiger partial charge is 0.407 e. The van der Waals surface area contributed by atoms with Crippen molar-refractivity contribution in [1.29, 1.82) is 0 Å². The summed E-state index contributed by atoms with van der Waals surface area (Å²) in [6.45, 7) is 5.43. The van der Waals surface area contributed by atoms with Gasteiger partial charge in [0.05, 0.1) is 39.5 Å². The van der Waals surface area contributed by atoms with Crippen LogP contribution < -0.4 is 24.8 Å². The van der Waals surface area contributed by atoms with Crippen LogP contribution in [0.5, 0.6) is 17.2 Å². The van der Waals surface area contributed by atoms with Crippen molar-refractivity contribution in [3.63, 3.8) is 0 Å². The summed E-state index contributed by atoms with van der Waals surface area (Å²) in [5.41, 5.74) is 2.53. The zero-order valence-corrected chi connectivity index (χ0v) is 41.2. The lowest BCUT2D eigenvalue weighted by atomic mass is 10.2. The van der Waals surface area contributed by atoms with Gasteiger partial charge in [0.1, 0.15) is 34.4 Å². The van der Waals surface area contributed by atoms with Crippen LogP contribution in [0.25, 0.3) is 11.4 Å². The van der Waals surface area contributed by atoms with Crippen LogP contribution in [0.3, 0.4) is 0 Å². The predicted molar refractivity (Wildman–Crippen MR) is 259 cm³/mol. The Kier molecular flexibility index (Phi) is 17.3. The first-order valence-corrected chi connectivity index (χ1v) is 24.2. The second-order valence-corrected chi connectivity index (χ2v) is 19.9. The van der Waals surface area contributed by atoms with E-state index < -0.39 is 33.9 Å². The number of rotatable bonds is 20. The Balaban J connectivity index is 1.40. The zero-order valence-electron chi connectivity index (χ0n) is 37.4. The van der Waals surface area contributed by atoms with Crippen LogP contribution in [0, 0.1) is 3.57 Å². The summed E-state index contributed by atoms with van der Waals surface area (Å²) in [6, 6.07) is 33.8. The number of hydrogen-bond donors (Lipinski definition) is 2. The standard InChI is InChI=1S/C47H52IN7O9S2/c1-47(2,3)64-46(57)50-36(26-49-45(56)63-30-35-10-8-7-9-11-35)31-65-41-25-24-40(48)42(44-51-53-55(52-44)29-34-16-22-39(62-6)23-17-34)43(41)66(58,59)54(27-32-12-18-37(60-4)19-13-32)28-33-14-20-38(61-5)21-15-33/h7-25,36H,26-31H2,1-6H3,(H,49,56)(H,50,57)/t36-/m0/s1. The number of nitrogens with one attached hydrogen (secondary N) is 2. The van der Waals surface area contributed by atoms with Crippen LogP contribution in [0.15, 0.2) is 125 Å². The quantitative estimate of drug-likeness (QED) is 0.0550. The minimum absolute atomic E-state index is 0.0111. The van der Waals surface area contributed by atoms with E-state index in [0.717, 1.165) is 11.1 Å². The maximum absolute atomic E-state index is 15.7. The number of sulfonamides is 1. The van der Waals surface area contributed by atoms with Crippen LogP contribution in [0.2, 0.25) is 0 Å². The second-order valence-electron chi connectivity index (χ2n) is 15.8. The van der Waals surface area contributed by atoms with Crippen molar-refractivity contribution in [3.8, 4) is 28.6 Å². The molecule has 0 spiro atoms. The van der Waals surface area contributed by atoms with Crippen molar-refractivity contribution in [3.05, 3.63) is 141 Å². The van der Waals surface area contributed by atoms with Crippen molar-refractivity contribution >= 4 is 56.6 Å². The summed E-state index contributed by atoms with van der Waals surface area (Å²) in [5.74, 6) is 2.13. The molecule has 19 heteroatoms. The van der Waals surface area contributed by atoms with E-state index >= 15 is 8.42 Å². The van der Waals surface area contributed by atoms with Gasteiger partial charge in [0.25, 0.3) is 0 Å². The predicted octanol–water partition coefficient (Wildman–Crippen LogP) is 8.32. The maximum Gasteiger partial charge on any atom is 0.407 e. The van der Waals surface area contributed by atoms with Crippen molar-refractivity contribution in [2.24, 2.45) is 0 Å². The normalized spacial score (nSPS) is 12.0.